The number of anilines is 1. The van der Waals surface area contributed by atoms with Gasteiger partial charge >= 0.3 is 0 Å². The second-order valence-corrected chi connectivity index (χ2v) is 8.80. The number of hydrogen-bond donors (Lipinski definition) is 1. The number of aromatic nitrogens is 1. The summed E-state index contributed by atoms with van der Waals surface area (Å²) in [6.45, 7) is 0.507. The van der Waals surface area contributed by atoms with Crippen LogP contribution in [0.3, 0.4) is 0 Å². The molecule has 1 atom stereocenters. The number of hydrogen-bond acceptors (Lipinski definition) is 4. The van der Waals surface area contributed by atoms with Crippen LogP contribution in [0.25, 0.3) is 10.9 Å². The van der Waals surface area contributed by atoms with Crippen molar-refractivity contribution in [1.82, 2.24) is 10.3 Å². The number of pyridine rings is 1. The van der Waals surface area contributed by atoms with Gasteiger partial charge in [-0.2, -0.15) is 0 Å². The fourth-order valence-electron chi connectivity index (χ4n) is 4.68. The Labute approximate surface area is 205 Å². The van der Waals surface area contributed by atoms with Crippen LogP contribution in [0.1, 0.15) is 27.0 Å². The Balaban J connectivity index is 1.43. The van der Waals surface area contributed by atoms with Gasteiger partial charge in [0.05, 0.1) is 27.5 Å². The number of halogens is 2. The van der Waals surface area contributed by atoms with E-state index in [1.165, 1.54) is 24.4 Å². The average molecular weight is 485 g/mol. The third-order valence-electron chi connectivity index (χ3n) is 6.33. The topological polar surface area (TPSA) is 74.7 Å². The fourth-order valence-corrected chi connectivity index (χ4v) is 4.97. The van der Waals surface area contributed by atoms with Crippen LogP contribution < -0.4 is 10.2 Å². The maximum atomic E-state index is 13.8. The predicted octanol–water partition coefficient (Wildman–Crippen LogP) is 4.52. The summed E-state index contributed by atoms with van der Waals surface area (Å²) < 4.78 is 13.8. The van der Waals surface area contributed by atoms with Crippen molar-refractivity contribution in [2.45, 2.75) is 12.6 Å². The molecular formula is C27H18ClFN4O2. The van der Waals surface area contributed by atoms with Crippen LogP contribution in [0.4, 0.5) is 10.1 Å². The van der Waals surface area contributed by atoms with Gasteiger partial charge in [-0.3, -0.25) is 14.6 Å². The number of rotatable bonds is 3. The van der Waals surface area contributed by atoms with Crippen molar-refractivity contribution < 1.29 is 14.0 Å². The summed E-state index contributed by atoms with van der Waals surface area (Å²) in [4.78, 5) is 37.5. The third kappa shape index (κ3) is 3.56. The van der Waals surface area contributed by atoms with Crippen LogP contribution in [0.15, 0.2) is 77.9 Å². The highest BCUT2D eigenvalue weighted by molar-refractivity contribution is 6.38. The van der Waals surface area contributed by atoms with E-state index in [-0.39, 0.29) is 16.5 Å². The van der Waals surface area contributed by atoms with E-state index >= 15 is 0 Å². The van der Waals surface area contributed by atoms with Crippen LogP contribution in [0, 0.1) is 5.82 Å². The first kappa shape index (κ1) is 21.4. The average Bonchev–Trinajstić information content (AvgIpc) is 3.27. The van der Waals surface area contributed by atoms with Gasteiger partial charge in [0.1, 0.15) is 5.82 Å². The summed E-state index contributed by atoms with van der Waals surface area (Å²) >= 11 is 6.46. The lowest BCUT2D eigenvalue weighted by Crippen LogP contribution is -2.47. The number of benzene rings is 3. The molecule has 0 radical (unpaired) electrons. The molecule has 35 heavy (non-hydrogen) atoms. The first-order chi connectivity index (χ1) is 17.0. The van der Waals surface area contributed by atoms with Crippen LogP contribution in [-0.2, 0) is 11.2 Å². The molecule has 0 saturated heterocycles. The van der Waals surface area contributed by atoms with Gasteiger partial charge in [-0.25, -0.2) is 9.38 Å². The summed E-state index contributed by atoms with van der Waals surface area (Å²) in [5.41, 5.74) is 4.70. The highest BCUT2D eigenvalue weighted by Gasteiger charge is 2.37. The zero-order valence-electron chi connectivity index (χ0n) is 18.3. The SMILES string of the molecule is O=C(N[C@@H]1N=C(c2ccccc2)c2cccc3c2N(CC3)C1=O)c1cnc2ccc(F)cc2c1Cl. The van der Waals surface area contributed by atoms with E-state index in [1.54, 1.807) is 4.90 Å². The summed E-state index contributed by atoms with van der Waals surface area (Å²) in [6.07, 6.45) is 0.878. The zero-order chi connectivity index (χ0) is 24.1. The summed E-state index contributed by atoms with van der Waals surface area (Å²) in [6, 6.07) is 19.5. The minimum Gasteiger partial charge on any atom is -0.322 e. The number of fused-ring (bicyclic) bond motifs is 1. The minimum absolute atomic E-state index is 0.0397. The number of aliphatic imine (C=N–C) groups is 1. The van der Waals surface area contributed by atoms with E-state index in [4.69, 9.17) is 16.6 Å². The van der Waals surface area contributed by atoms with Gasteiger partial charge < -0.3 is 10.2 Å². The molecule has 0 spiro atoms. The lowest BCUT2D eigenvalue weighted by Gasteiger charge is -2.21. The quantitative estimate of drug-likeness (QED) is 0.464. The maximum absolute atomic E-state index is 13.8. The van der Waals surface area contributed by atoms with Crippen LogP contribution in [-0.4, -0.2) is 35.2 Å². The van der Waals surface area contributed by atoms with Crippen molar-refractivity contribution in [3.8, 4) is 0 Å². The summed E-state index contributed by atoms with van der Waals surface area (Å²) in [5, 5.41) is 3.11. The van der Waals surface area contributed by atoms with Gasteiger partial charge in [-0.1, -0.05) is 60.1 Å². The lowest BCUT2D eigenvalue weighted by molar-refractivity contribution is -0.120. The Morgan fingerprint density at radius 3 is 2.74 bits per heavy atom. The van der Waals surface area contributed by atoms with E-state index in [2.05, 4.69) is 10.3 Å². The van der Waals surface area contributed by atoms with Crippen molar-refractivity contribution in [2.75, 3.05) is 11.4 Å². The number of amides is 2. The number of nitrogens with zero attached hydrogens (tertiary/aromatic N) is 3. The van der Waals surface area contributed by atoms with Crippen molar-refractivity contribution in [1.29, 1.82) is 0 Å². The standard InChI is InChI=1S/C27H18ClFN4O2/c28-22-19-13-17(29)9-10-21(19)30-14-20(22)26(34)32-25-27(35)33-12-11-16-7-4-8-18(24(16)33)23(31-25)15-5-2-1-3-6-15/h1-10,13-14,25H,11-12H2,(H,32,34)/t25-/m0/s1. The Kier molecular flexibility index (Phi) is 5.07. The molecule has 6 rings (SSSR count). The molecule has 2 aliphatic rings. The molecule has 4 aromatic rings. The zero-order valence-corrected chi connectivity index (χ0v) is 19.1. The van der Waals surface area contributed by atoms with Gasteiger partial charge in [0.15, 0.2) is 0 Å². The molecule has 172 valence electrons. The Morgan fingerprint density at radius 2 is 1.91 bits per heavy atom. The van der Waals surface area contributed by atoms with Crippen molar-refractivity contribution in [2.24, 2.45) is 4.99 Å². The minimum atomic E-state index is -1.17. The molecule has 3 heterocycles. The number of para-hydroxylation sites is 1. The predicted molar refractivity (Wildman–Crippen MR) is 133 cm³/mol. The molecule has 1 aromatic heterocycles. The van der Waals surface area contributed by atoms with Crippen molar-refractivity contribution in [3.63, 3.8) is 0 Å². The molecule has 0 fully saturated rings. The molecule has 1 N–H and O–H groups in total. The Morgan fingerprint density at radius 1 is 1.09 bits per heavy atom. The van der Waals surface area contributed by atoms with Crippen LogP contribution in [0.2, 0.25) is 5.02 Å². The summed E-state index contributed by atoms with van der Waals surface area (Å²) in [5.74, 6) is -1.43. The third-order valence-corrected chi connectivity index (χ3v) is 6.74. The van der Waals surface area contributed by atoms with E-state index in [0.29, 0.717) is 23.2 Å². The molecule has 0 aliphatic carbocycles. The monoisotopic (exact) mass is 484 g/mol. The van der Waals surface area contributed by atoms with Crippen molar-refractivity contribution in [3.05, 3.63) is 106 Å². The molecule has 0 saturated carbocycles. The molecule has 2 aliphatic heterocycles. The van der Waals surface area contributed by atoms with E-state index in [9.17, 15) is 14.0 Å². The first-order valence-corrected chi connectivity index (χ1v) is 11.5. The van der Waals surface area contributed by atoms with Crippen LogP contribution >= 0.6 is 11.6 Å². The van der Waals surface area contributed by atoms with E-state index in [1.807, 2.05) is 48.5 Å². The highest BCUT2D eigenvalue weighted by Crippen LogP contribution is 2.36. The largest absolute Gasteiger partial charge is 0.322 e. The van der Waals surface area contributed by atoms with Gasteiger partial charge in [0.25, 0.3) is 11.8 Å². The molecule has 0 unspecified atom stereocenters. The normalized spacial score (nSPS) is 16.6. The second kappa shape index (κ2) is 8.29. The Hall–Kier alpha value is -4.10. The maximum Gasteiger partial charge on any atom is 0.272 e. The number of carbonyl (C=O) groups excluding carboxylic acids is 2. The van der Waals surface area contributed by atoms with Gasteiger partial charge in [0.2, 0.25) is 6.17 Å². The molecule has 8 heteroatoms. The number of carbonyl (C=O) groups is 2. The van der Waals surface area contributed by atoms with Gasteiger partial charge in [0, 0.05) is 29.3 Å². The second-order valence-electron chi connectivity index (χ2n) is 8.42. The first-order valence-electron chi connectivity index (χ1n) is 11.1. The summed E-state index contributed by atoms with van der Waals surface area (Å²) in [7, 11) is 0. The lowest BCUT2D eigenvalue weighted by atomic mass is 9.98. The van der Waals surface area contributed by atoms with Crippen LogP contribution in [0.5, 0.6) is 0 Å². The Bertz CT molecular complexity index is 1550. The van der Waals surface area contributed by atoms with Gasteiger partial charge in [-0.15, -0.1) is 0 Å². The number of nitrogens with one attached hydrogen (secondary N) is 1. The molecule has 2 amide bonds. The van der Waals surface area contributed by atoms with E-state index < -0.39 is 17.9 Å². The fraction of sp³-hybridized carbons (Fsp3) is 0.111. The van der Waals surface area contributed by atoms with E-state index in [0.717, 1.165) is 28.8 Å². The smallest absolute Gasteiger partial charge is 0.272 e. The molecule has 3 aromatic carbocycles. The molecular weight excluding hydrogens is 467 g/mol. The van der Waals surface area contributed by atoms with Crippen molar-refractivity contribution >= 4 is 45.7 Å². The molecule has 6 nitrogen and oxygen atoms in total. The molecule has 0 bridgehead atoms. The highest BCUT2D eigenvalue weighted by atomic mass is 35.5. The van der Waals surface area contributed by atoms with Gasteiger partial charge in [-0.05, 0) is 30.2 Å².